The van der Waals surface area contributed by atoms with Gasteiger partial charge in [-0.25, -0.2) is 9.48 Å². The van der Waals surface area contributed by atoms with E-state index < -0.39 is 5.60 Å². The van der Waals surface area contributed by atoms with Crippen molar-refractivity contribution >= 4 is 11.9 Å². The summed E-state index contributed by atoms with van der Waals surface area (Å²) in [6.07, 6.45) is 3.35. The summed E-state index contributed by atoms with van der Waals surface area (Å²) >= 11 is 0. The molecular weight excluding hydrogens is 332 g/mol. The Morgan fingerprint density at radius 3 is 2.27 bits per heavy atom. The molecule has 2 aromatic heterocycles. The molecule has 26 heavy (non-hydrogen) atoms. The fourth-order valence-corrected chi connectivity index (χ4v) is 3.67. The lowest BCUT2D eigenvalue weighted by Crippen LogP contribution is -2.37. The normalized spacial score (nSPS) is 22.6. The lowest BCUT2D eigenvalue weighted by atomic mass is 10.0. The molecule has 2 atom stereocenters. The molecular formula is C18H24N6O2. The minimum absolute atomic E-state index is 0.207. The average Bonchev–Trinajstić information content (AvgIpc) is 3.29. The number of likely N-dealkylation sites (tertiary alicyclic amines) is 1. The largest absolute Gasteiger partial charge is 0.444 e. The van der Waals surface area contributed by atoms with Gasteiger partial charge in [0, 0.05) is 50.4 Å². The highest BCUT2D eigenvalue weighted by Gasteiger charge is 2.43. The Bertz CT molecular complexity index is 754. The van der Waals surface area contributed by atoms with E-state index in [1.54, 1.807) is 10.9 Å². The zero-order valence-corrected chi connectivity index (χ0v) is 15.4. The maximum Gasteiger partial charge on any atom is 0.410 e. The van der Waals surface area contributed by atoms with Gasteiger partial charge in [0.05, 0.1) is 0 Å². The first kappa shape index (κ1) is 16.8. The molecule has 0 N–H and O–H groups in total. The highest BCUT2D eigenvalue weighted by atomic mass is 16.6. The van der Waals surface area contributed by atoms with Crippen molar-refractivity contribution < 1.29 is 9.53 Å². The number of amides is 1. The summed E-state index contributed by atoms with van der Waals surface area (Å²) in [4.78, 5) is 16.3. The topological polar surface area (TPSA) is 76.4 Å². The molecule has 1 amide bonds. The molecule has 0 aliphatic carbocycles. The van der Waals surface area contributed by atoms with E-state index in [0.717, 1.165) is 32.0 Å². The number of rotatable bonds is 2. The summed E-state index contributed by atoms with van der Waals surface area (Å²) in [5, 5.41) is 12.8. The van der Waals surface area contributed by atoms with Crippen LogP contribution in [0, 0.1) is 11.8 Å². The van der Waals surface area contributed by atoms with Crippen molar-refractivity contribution in [3.63, 3.8) is 0 Å². The zero-order valence-electron chi connectivity index (χ0n) is 15.4. The van der Waals surface area contributed by atoms with Gasteiger partial charge in [0.1, 0.15) is 5.60 Å². The van der Waals surface area contributed by atoms with Gasteiger partial charge in [-0.2, -0.15) is 5.10 Å². The molecule has 2 aromatic rings. The van der Waals surface area contributed by atoms with Crippen molar-refractivity contribution in [3.05, 3.63) is 30.6 Å². The summed E-state index contributed by atoms with van der Waals surface area (Å²) in [6, 6.07) is 5.76. The van der Waals surface area contributed by atoms with E-state index in [4.69, 9.17) is 4.74 Å². The van der Waals surface area contributed by atoms with Crippen LogP contribution < -0.4 is 4.90 Å². The zero-order chi connectivity index (χ0) is 18.3. The molecule has 0 saturated carbocycles. The van der Waals surface area contributed by atoms with Gasteiger partial charge < -0.3 is 14.5 Å². The van der Waals surface area contributed by atoms with Crippen LogP contribution in [0.4, 0.5) is 10.6 Å². The second-order valence-corrected chi connectivity index (χ2v) is 8.01. The van der Waals surface area contributed by atoms with Crippen LogP contribution in [0.2, 0.25) is 0 Å². The van der Waals surface area contributed by atoms with E-state index in [0.29, 0.717) is 17.7 Å². The van der Waals surface area contributed by atoms with Crippen molar-refractivity contribution in [1.29, 1.82) is 0 Å². The van der Waals surface area contributed by atoms with Crippen LogP contribution >= 0.6 is 0 Å². The quantitative estimate of drug-likeness (QED) is 0.819. The number of carbonyl (C=O) groups is 1. The van der Waals surface area contributed by atoms with E-state index >= 15 is 0 Å². The number of aromatic nitrogens is 4. The Morgan fingerprint density at radius 2 is 1.73 bits per heavy atom. The smallest absolute Gasteiger partial charge is 0.410 e. The van der Waals surface area contributed by atoms with Crippen LogP contribution in [0.15, 0.2) is 30.6 Å². The van der Waals surface area contributed by atoms with E-state index in [9.17, 15) is 4.79 Å². The van der Waals surface area contributed by atoms with Gasteiger partial charge >= 0.3 is 6.09 Å². The number of anilines is 1. The Kier molecular flexibility index (Phi) is 4.05. The monoisotopic (exact) mass is 356 g/mol. The first-order valence-electron chi connectivity index (χ1n) is 8.96. The number of hydrogen-bond donors (Lipinski definition) is 0. The molecule has 138 valence electrons. The maximum absolute atomic E-state index is 12.3. The van der Waals surface area contributed by atoms with Crippen LogP contribution in [-0.4, -0.2) is 62.8 Å². The van der Waals surface area contributed by atoms with Gasteiger partial charge in [0.2, 0.25) is 0 Å². The van der Waals surface area contributed by atoms with E-state index in [-0.39, 0.29) is 6.09 Å². The number of fused-ring (bicyclic) bond motifs is 1. The van der Waals surface area contributed by atoms with Crippen LogP contribution in [0.5, 0.6) is 0 Å². The summed E-state index contributed by atoms with van der Waals surface area (Å²) < 4.78 is 7.18. The first-order chi connectivity index (χ1) is 12.4. The number of ether oxygens (including phenoxy) is 1. The second kappa shape index (κ2) is 6.26. The molecule has 4 rings (SSSR count). The Labute approximate surface area is 152 Å². The SMILES string of the molecule is CC(C)(C)OC(=O)N1CC2CN(c3ccc(-n4cccn4)nn3)CC2C1. The minimum atomic E-state index is -0.452. The van der Waals surface area contributed by atoms with Gasteiger partial charge in [-0.15, -0.1) is 10.2 Å². The third kappa shape index (κ3) is 3.36. The molecule has 2 aliphatic rings. The van der Waals surface area contributed by atoms with Crippen LogP contribution in [0.25, 0.3) is 5.82 Å². The van der Waals surface area contributed by atoms with Crippen molar-refractivity contribution in [2.45, 2.75) is 26.4 Å². The number of nitrogens with zero attached hydrogens (tertiary/aromatic N) is 6. The summed E-state index contributed by atoms with van der Waals surface area (Å²) in [5.74, 6) is 2.48. The number of carbonyl (C=O) groups excluding carboxylic acids is 1. The first-order valence-corrected chi connectivity index (χ1v) is 8.96. The second-order valence-electron chi connectivity index (χ2n) is 8.01. The Balaban J connectivity index is 1.37. The van der Waals surface area contributed by atoms with Crippen LogP contribution in [0.1, 0.15) is 20.8 Å². The van der Waals surface area contributed by atoms with Gasteiger partial charge in [0.25, 0.3) is 0 Å². The lowest BCUT2D eigenvalue weighted by Gasteiger charge is -2.26. The third-order valence-electron chi connectivity index (χ3n) is 4.84. The van der Waals surface area contributed by atoms with Crippen molar-refractivity contribution in [1.82, 2.24) is 24.9 Å². The highest BCUT2D eigenvalue weighted by Crippen LogP contribution is 2.33. The fourth-order valence-electron chi connectivity index (χ4n) is 3.67. The predicted molar refractivity (Wildman–Crippen MR) is 96.2 cm³/mol. The summed E-state index contributed by atoms with van der Waals surface area (Å²) in [6.45, 7) is 8.96. The van der Waals surface area contributed by atoms with Crippen molar-refractivity contribution in [3.8, 4) is 5.82 Å². The maximum atomic E-state index is 12.3. The molecule has 2 saturated heterocycles. The van der Waals surface area contributed by atoms with Crippen LogP contribution in [0.3, 0.4) is 0 Å². The molecule has 0 spiro atoms. The van der Waals surface area contributed by atoms with E-state index in [1.165, 1.54) is 0 Å². The molecule has 0 radical (unpaired) electrons. The summed E-state index contributed by atoms with van der Waals surface area (Å²) in [5.41, 5.74) is -0.452. The third-order valence-corrected chi connectivity index (χ3v) is 4.84. The standard InChI is InChI=1S/C18H24N6O2/c1-18(2,3)26-17(25)23-11-13-9-22(10-14(13)12-23)15-5-6-16(21-20-15)24-8-4-7-19-24/h4-8,13-14H,9-12H2,1-3H3. The molecule has 0 aromatic carbocycles. The summed E-state index contributed by atoms with van der Waals surface area (Å²) in [7, 11) is 0. The van der Waals surface area contributed by atoms with Gasteiger partial charge in [0.15, 0.2) is 11.6 Å². The predicted octanol–water partition coefficient (Wildman–Crippen LogP) is 1.97. The number of hydrogen-bond acceptors (Lipinski definition) is 6. The van der Waals surface area contributed by atoms with Gasteiger partial charge in [-0.1, -0.05) is 0 Å². The molecule has 2 fully saturated rings. The minimum Gasteiger partial charge on any atom is -0.444 e. The van der Waals surface area contributed by atoms with Crippen LogP contribution in [-0.2, 0) is 4.74 Å². The molecule has 8 nitrogen and oxygen atoms in total. The fraction of sp³-hybridized carbons (Fsp3) is 0.556. The van der Waals surface area contributed by atoms with Crippen molar-refractivity contribution in [2.75, 3.05) is 31.1 Å². The molecule has 8 heteroatoms. The van der Waals surface area contributed by atoms with E-state index in [1.807, 2.05) is 50.1 Å². The molecule has 0 bridgehead atoms. The Hall–Kier alpha value is -2.64. The molecule has 2 unspecified atom stereocenters. The highest BCUT2D eigenvalue weighted by molar-refractivity contribution is 5.68. The van der Waals surface area contributed by atoms with Crippen molar-refractivity contribution in [2.24, 2.45) is 11.8 Å². The lowest BCUT2D eigenvalue weighted by molar-refractivity contribution is 0.0282. The van der Waals surface area contributed by atoms with E-state index in [2.05, 4.69) is 20.2 Å². The average molecular weight is 356 g/mol. The molecule has 2 aliphatic heterocycles. The Morgan fingerprint density at radius 1 is 1.08 bits per heavy atom. The molecule has 4 heterocycles. The van der Waals surface area contributed by atoms with Gasteiger partial charge in [-0.05, 0) is 39.0 Å². The van der Waals surface area contributed by atoms with Gasteiger partial charge in [-0.3, -0.25) is 0 Å².